The van der Waals surface area contributed by atoms with E-state index in [9.17, 15) is 4.39 Å². The van der Waals surface area contributed by atoms with Gasteiger partial charge in [-0.25, -0.2) is 4.39 Å². The number of rotatable bonds is 5. The fraction of sp³-hybridized carbons (Fsp3) is 0.538. The lowest BCUT2D eigenvalue weighted by Gasteiger charge is -2.18. The zero-order valence-corrected chi connectivity index (χ0v) is 10.8. The number of benzene rings is 1. The van der Waals surface area contributed by atoms with Gasteiger partial charge >= 0.3 is 0 Å². The van der Waals surface area contributed by atoms with Gasteiger partial charge in [0.2, 0.25) is 0 Å². The molecule has 0 atom stereocenters. The van der Waals surface area contributed by atoms with Crippen molar-refractivity contribution in [2.24, 2.45) is 0 Å². The van der Waals surface area contributed by atoms with Crippen LogP contribution in [0.1, 0.15) is 23.1 Å². The predicted molar refractivity (Wildman–Crippen MR) is 64.4 cm³/mol. The summed E-state index contributed by atoms with van der Waals surface area (Å²) in [4.78, 5) is 0. The summed E-state index contributed by atoms with van der Waals surface area (Å²) >= 11 is 0. The molecular formula is C13H19FO3. The van der Waals surface area contributed by atoms with Crippen molar-refractivity contribution in [3.63, 3.8) is 0 Å². The van der Waals surface area contributed by atoms with Gasteiger partial charge in [-0.3, -0.25) is 0 Å². The van der Waals surface area contributed by atoms with Crippen LogP contribution in [0.2, 0.25) is 0 Å². The highest BCUT2D eigenvalue weighted by Crippen LogP contribution is 2.39. The Hall–Kier alpha value is -1.29. The zero-order valence-electron chi connectivity index (χ0n) is 10.8. The average Bonchev–Trinajstić information content (AvgIpc) is 2.34. The molecule has 0 unspecified atom stereocenters. The molecule has 0 radical (unpaired) electrons. The molecule has 17 heavy (non-hydrogen) atoms. The summed E-state index contributed by atoms with van der Waals surface area (Å²) in [5, 5.41) is 8.87. The predicted octanol–water partition coefficient (Wildman–Crippen LogP) is 2.38. The smallest absolute Gasteiger partial charge is 0.166 e. The Labute approximate surface area is 101 Å². The first-order valence-electron chi connectivity index (χ1n) is 5.58. The molecule has 1 aromatic carbocycles. The maximum atomic E-state index is 14.0. The molecule has 0 heterocycles. The highest BCUT2D eigenvalue weighted by molar-refractivity contribution is 5.55. The summed E-state index contributed by atoms with van der Waals surface area (Å²) in [6, 6.07) is 0. The lowest BCUT2D eigenvalue weighted by atomic mass is 9.98. The molecule has 1 aromatic rings. The normalized spacial score (nSPS) is 10.5. The Kier molecular flexibility index (Phi) is 4.75. The maximum Gasteiger partial charge on any atom is 0.166 e. The summed E-state index contributed by atoms with van der Waals surface area (Å²) in [5.41, 5.74) is 1.78. The number of ether oxygens (including phenoxy) is 2. The van der Waals surface area contributed by atoms with E-state index in [-0.39, 0.29) is 12.4 Å². The molecule has 0 amide bonds. The van der Waals surface area contributed by atoms with Crippen LogP contribution in [0.3, 0.4) is 0 Å². The summed E-state index contributed by atoms with van der Waals surface area (Å²) < 4.78 is 24.5. The molecular weight excluding hydrogens is 223 g/mol. The van der Waals surface area contributed by atoms with E-state index >= 15 is 0 Å². The van der Waals surface area contributed by atoms with Crippen molar-refractivity contribution in [2.75, 3.05) is 20.8 Å². The Morgan fingerprint density at radius 2 is 1.65 bits per heavy atom. The Morgan fingerprint density at radius 1 is 1.06 bits per heavy atom. The Morgan fingerprint density at radius 3 is 2.12 bits per heavy atom. The lowest BCUT2D eigenvalue weighted by Crippen LogP contribution is -2.05. The van der Waals surface area contributed by atoms with Crippen LogP contribution in [0, 0.1) is 19.7 Å². The molecule has 0 saturated carbocycles. The highest BCUT2D eigenvalue weighted by Gasteiger charge is 2.20. The van der Waals surface area contributed by atoms with Gasteiger partial charge in [0.1, 0.15) is 5.82 Å². The fourth-order valence-corrected chi connectivity index (χ4v) is 2.01. The van der Waals surface area contributed by atoms with E-state index in [0.29, 0.717) is 35.5 Å². The van der Waals surface area contributed by atoms with Gasteiger partial charge in [-0.2, -0.15) is 0 Å². The molecule has 0 aliphatic heterocycles. The first-order valence-corrected chi connectivity index (χ1v) is 5.58. The summed E-state index contributed by atoms with van der Waals surface area (Å²) in [7, 11) is 3.03. The number of hydrogen-bond donors (Lipinski definition) is 1. The van der Waals surface area contributed by atoms with E-state index in [1.165, 1.54) is 14.2 Å². The second kappa shape index (κ2) is 5.87. The number of methoxy groups -OCH3 is 2. The molecule has 0 spiro atoms. The van der Waals surface area contributed by atoms with Crippen LogP contribution in [-0.4, -0.2) is 25.9 Å². The molecule has 1 N–H and O–H groups in total. The first kappa shape index (κ1) is 13.8. The molecule has 0 saturated heterocycles. The topological polar surface area (TPSA) is 38.7 Å². The SMILES string of the molecule is COc1c(C)c(F)c(C)c(CCCO)c1OC. The van der Waals surface area contributed by atoms with Crippen molar-refractivity contribution in [2.45, 2.75) is 26.7 Å². The number of halogens is 1. The van der Waals surface area contributed by atoms with E-state index in [2.05, 4.69) is 0 Å². The van der Waals surface area contributed by atoms with Crippen LogP contribution >= 0.6 is 0 Å². The van der Waals surface area contributed by atoms with Gasteiger partial charge in [0.05, 0.1) is 14.2 Å². The van der Waals surface area contributed by atoms with Gasteiger partial charge in [-0.1, -0.05) is 0 Å². The van der Waals surface area contributed by atoms with Crippen molar-refractivity contribution >= 4 is 0 Å². The third-order valence-corrected chi connectivity index (χ3v) is 2.93. The van der Waals surface area contributed by atoms with Gasteiger partial charge in [0.25, 0.3) is 0 Å². The minimum Gasteiger partial charge on any atom is -0.493 e. The van der Waals surface area contributed by atoms with Gasteiger partial charge in [0.15, 0.2) is 11.5 Å². The van der Waals surface area contributed by atoms with Crippen LogP contribution in [0.15, 0.2) is 0 Å². The van der Waals surface area contributed by atoms with Crippen molar-refractivity contribution in [3.8, 4) is 11.5 Å². The molecule has 0 aromatic heterocycles. The summed E-state index contributed by atoms with van der Waals surface area (Å²) in [6.45, 7) is 3.46. The number of aliphatic hydroxyl groups excluding tert-OH is 1. The molecule has 0 bridgehead atoms. The molecule has 3 nitrogen and oxygen atoms in total. The fourth-order valence-electron chi connectivity index (χ4n) is 2.01. The van der Waals surface area contributed by atoms with Crippen LogP contribution in [-0.2, 0) is 6.42 Å². The van der Waals surface area contributed by atoms with Crippen molar-refractivity contribution in [3.05, 3.63) is 22.5 Å². The standard InChI is InChI=1S/C13H19FO3/c1-8-10(6-5-7-15)13(17-4)12(16-3)9(2)11(8)14/h15H,5-7H2,1-4H3. The third kappa shape index (κ3) is 2.52. The van der Waals surface area contributed by atoms with E-state index in [4.69, 9.17) is 14.6 Å². The Balaban J connectivity index is 3.39. The summed E-state index contributed by atoms with van der Waals surface area (Å²) in [6.07, 6.45) is 1.14. The van der Waals surface area contributed by atoms with E-state index in [0.717, 1.165) is 5.56 Å². The van der Waals surface area contributed by atoms with Crippen molar-refractivity contribution < 1.29 is 19.0 Å². The molecule has 0 aliphatic rings. The van der Waals surface area contributed by atoms with Crippen LogP contribution in [0.4, 0.5) is 4.39 Å². The van der Waals surface area contributed by atoms with Gasteiger partial charge < -0.3 is 14.6 Å². The van der Waals surface area contributed by atoms with Gasteiger partial charge in [0, 0.05) is 17.7 Å². The van der Waals surface area contributed by atoms with Crippen LogP contribution < -0.4 is 9.47 Å². The minimum absolute atomic E-state index is 0.0698. The maximum absolute atomic E-state index is 14.0. The van der Waals surface area contributed by atoms with Gasteiger partial charge in [-0.15, -0.1) is 0 Å². The lowest BCUT2D eigenvalue weighted by molar-refractivity contribution is 0.286. The van der Waals surface area contributed by atoms with E-state index in [1.54, 1.807) is 13.8 Å². The van der Waals surface area contributed by atoms with Crippen molar-refractivity contribution in [1.82, 2.24) is 0 Å². The first-order chi connectivity index (χ1) is 8.08. The largest absolute Gasteiger partial charge is 0.493 e. The van der Waals surface area contributed by atoms with Crippen molar-refractivity contribution in [1.29, 1.82) is 0 Å². The molecule has 0 aliphatic carbocycles. The zero-order chi connectivity index (χ0) is 13.0. The quantitative estimate of drug-likeness (QED) is 0.861. The second-order valence-corrected chi connectivity index (χ2v) is 3.94. The number of hydrogen-bond acceptors (Lipinski definition) is 3. The Bertz CT molecular complexity index is 402. The molecule has 0 fully saturated rings. The molecule has 1 rings (SSSR count). The number of aliphatic hydroxyl groups is 1. The van der Waals surface area contributed by atoms with E-state index < -0.39 is 0 Å². The molecule has 4 heteroatoms. The van der Waals surface area contributed by atoms with Crippen LogP contribution in [0.25, 0.3) is 0 Å². The average molecular weight is 242 g/mol. The van der Waals surface area contributed by atoms with E-state index in [1.807, 2.05) is 0 Å². The highest BCUT2D eigenvalue weighted by atomic mass is 19.1. The molecule has 96 valence electrons. The monoisotopic (exact) mass is 242 g/mol. The van der Waals surface area contributed by atoms with Gasteiger partial charge in [-0.05, 0) is 32.3 Å². The second-order valence-electron chi connectivity index (χ2n) is 3.94. The summed E-state index contributed by atoms with van der Waals surface area (Å²) in [5.74, 6) is 0.733. The third-order valence-electron chi connectivity index (χ3n) is 2.93. The van der Waals surface area contributed by atoms with Crippen LogP contribution in [0.5, 0.6) is 11.5 Å². The minimum atomic E-state index is -0.268.